The Labute approximate surface area is 472 Å². The van der Waals surface area contributed by atoms with Crippen LogP contribution in [0.4, 0.5) is 0 Å². The van der Waals surface area contributed by atoms with Crippen LogP contribution in [0.3, 0.4) is 0 Å². The lowest BCUT2D eigenvalue weighted by Gasteiger charge is -2.46. The first-order valence-electron chi connectivity index (χ1n) is 31.2. The van der Waals surface area contributed by atoms with Crippen molar-refractivity contribution < 1.29 is 64.6 Å². The van der Waals surface area contributed by atoms with E-state index in [0.29, 0.717) is 6.42 Å². The molecule has 12 atom stereocenters. The van der Waals surface area contributed by atoms with Crippen molar-refractivity contribution in [3.05, 3.63) is 72.9 Å². The molecule has 14 heteroatoms. The fourth-order valence-electron chi connectivity index (χ4n) is 9.91. The van der Waals surface area contributed by atoms with Crippen LogP contribution in [0.2, 0.25) is 0 Å². The molecule has 452 valence electrons. The van der Waals surface area contributed by atoms with Crippen LogP contribution in [0.5, 0.6) is 0 Å². The minimum atomic E-state index is -1.79. The monoisotopic (exact) mass is 1100 g/mol. The van der Waals surface area contributed by atoms with Crippen molar-refractivity contribution in [1.82, 2.24) is 5.32 Å². The molecule has 0 saturated carbocycles. The van der Waals surface area contributed by atoms with Crippen LogP contribution in [0.15, 0.2) is 72.9 Å². The van der Waals surface area contributed by atoms with E-state index in [1.54, 1.807) is 6.08 Å². The van der Waals surface area contributed by atoms with Crippen LogP contribution >= 0.6 is 0 Å². The summed E-state index contributed by atoms with van der Waals surface area (Å²) in [7, 11) is 0. The zero-order chi connectivity index (χ0) is 56.7. The lowest BCUT2D eigenvalue weighted by molar-refractivity contribution is -0.359. The summed E-state index contributed by atoms with van der Waals surface area (Å²) in [5.74, 6) is -0.244. The standard InChI is InChI=1S/C64H113NO13/c1-3-5-7-9-11-13-15-17-19-21-22-23-24-25-26-27-28-29-30-32-34-36-38-40-42-44-46-48-56(69)65-52(53(68)47-45-43-41-39-37-35-33-31-20-18-16-14-12-10-8-6-4-2)51-75-63-61(74)59(72)62(55(50-67)77-63)78-64-60(73)58(71)57(70)54(49-66)76-64/h5,7,11,13,17,19,22-23,25-26,45,47,52-55,57-64,66-68,70-74H,3-4,6,8-10,12,14-16,18,20-21,24,27-44,46,48-51H2,1-2H3,(H,65,69)/b7-5-,13-11-,19-17-,23-22-,26-25-,47-45+. The van der Waals surface area contributed by atoms with Crippen molar-refractivity contribution in [2.45, 2.75) is 306 Å². The zero-order valence-corrected chi connectivity index (χ0v) is 48.6. The topological polar surface area (TPSA) is 228 Å². The number of aliphatic hydroxyl groups is 8. The van der Waals surface area contributed by atoms with Gasteiger partial charge in [0, 0.05) is 6.42 Å². The summed E-state index contributed by atoms with van der Waals surface area (Å²) in [6, 6.07) is -0.920. The summed E-state index contributed by atoms with van der Waals surface area (Å²) < 4.78 is 22.8. The molecule has 14 nitrogen and oxygen atoms in total. The molecule has 12 unspecified atom stereocenters. The number of ether oxygens (including phenoxy) is 4. The number of aliphatic hydroxyl groups excluding tert-OH is 8. The highest BCUT2D eigenvalue weighted by Crippen LogP contribution is 2.30. The fraction of sp³-hybridized carbons (Fsp3) is 0.797. The summed E-state index contributed by atoms with van der Waals surface area (Å²) in [5.41, 5.74) is 0. The normalized spacial score (nSPS) is 25.1. The van der Waals surface area contributed by atoms with Gasteiger partial charge in [-0.25, -0.2) is 0 Å². The Morgan fingerprint density at radius 1 is 0.474 bits per heavy atom. The number of carbonyl (C=O) groups excluding carboxylic acids is 1. The molecule has 2 rings (SSSR count). The fourth-order valence-corrected chi connectivity index (χ4v) is 9.91. The molecule has 0 bridgehead atoms. The lowest BCUT2D eigenvalue weighted by Crippen LogP contribution is -2.65. The Morgan fingerprint density at radius 3 is 1.36 bits per heavy atom. The minimum Gasteiger partial charge on any atom is -0.394 e. The Morgan fingerprint density at radius 2 is 0.885 bits per heavy atom. The summed E-state index contributed by atoms with van der Waals surface area (Å²) in [6.07, 6.45) is 47.9. The maximum absolute atomic E-state index is 13.3. The summed E-state index contributed by atoms with van der Waals surface area (Å²) in [4.78, 5) is 13.3. The van der Waals surface area contributed by atoms with Gasteiger partial charge in [0.2, 0.25) is 5.91 Å². The third-order valence-electron chi connectivity index (χ3n) is 14.9. The quantitative estimate of drug-likeness (QED) is 0.0204. The number of hydrogen-bond donors (Lipinski definition) is 9. The van der Waals surface area contributed by atoms with Crippen LogP contribution < -0.4 is 5.32 Å². The second kappa shape index (κ2) is 49.1. The molecule has 0 aromatic heterocycles. The van der Waals surface area contributed by atoms with Crippen molar-refractivity contribution in [3.63, 3.8) is 0 Å². The van der Waals surface area contributed by atoms with E-state index >= 15 is 0 Å². The van der Waals surface area contributed by atoms with Gasteiger partial charge in [-0.1, -0.05) is 234 Å². The van der Waals surface area contributed by atoms with Crippen LogP contribution in [-0.4, -0.2) is 140 Å². The molecule has 0 aromatic rings. The second-order valence-electron chi connectivity index (χ2n) is 21.8. The number of amides is 1. The van der Waals surface area contributed by atoms with Gasteiger partial charge in [0.1, 0.15) is 48.8 Å². The number of nitrogens with one attached hydrogen (secondary N) is 1. The van der Waals surface area contributed by atoms with E-state index < -0.39 is 86.8 Å². The number of unbranched alkanes of at least 4 members (excludes halogenated alkanes) is 26. The van der Waals surface area contributed by atoms with Gasteiger partial charge in [-0.3, -0.25) is 4.79 Å². The molecule has 2 heterocycles. The Hall–Kier alpha value is -2.57. The second-order valence-corrected chi connectivity index (χ2v) is 21.8. The number of carbonyl (C=O) groups is 1. The third kappa shape index (κ3) is 34.0. The van der Waals surface area contributed by atoms with Gasteiger partial charge in [0.25, 0.3) is 0 Å². The van der Waals surface area contributed by atoms with Crippen LogP contribution in [-0.2, 0) is 23.7 Å². The predicted molar refractivity (Wildman–Crippen MR) is 313 cm³/mol. The van der Waals surface area contributed by atoms with Gasteiger partial charge in [0.15, 0.2) is 12.6 Å². The minimum absolute atomic E-state index is 0.244. The Bertz CT molecular complexity index is 1580. The van der Waals surface area contributed by atoms with Crippen molar-refractivity contribution in [2.24, 2.45) is 0 Å². The van der Waals surface area contributed by atoms with Crippen molar-refractivity contribution in [2.75, 3.05) is 19.8 Å². The average Bonchev–Trinajstić information content (AvgIpc) is 3.44. The predicted octanol–water partition coefficient (Wildman–Crippen LogP) is 11.1. The summed E-state index contributed by atoms with van der Waals surface area (Å²) >= 11 is 0. The molecule has 2 saturated heterocycles. The van der Waals surface area contributed by atoms with Crippen LogP contribution in [0.1, 0.15) is 232 Å². The molecule has 9 N–H and O–H groups in total. The highest BCUT2D eigenvalue weighted by molar-refractivity contribution is 5.76. The van der Waals surface area contributed by atoms with Crippen molar-refractivity contribution in [3.8, 4) is 0 Å². The van der Waals surface area contributed by atoms with E-state index in [-0.39, 0.29) is 18.9 Å². The molecular weight excluding hydrogens is 991 g/mol. The van der Waals surface area contributed by atoms with E-state index in [1.807, 2.05) is 6.08 Å². The van der Waals surface area contributed by atoms with E-state index in [1.165, 1.54) is 128 Å². The first-order valence-corrected chi connectivity index (χ1v) is 31.2. The highest BCUT2D eigenvalue weighted by Gasteiger charge is 2.51. The van der Waals surface area contributed by atoms with Gasteiger partial charge in [-0.15, -0.1) is 0 Å². The Kier molecular flexibility index (Phi) is 45.0. The number of hydrogen-bond acceptors (Lipinski definition) is 13. The average molecular weight is 1100 g/mol. The number of rotatable bonds is 49. The van der Waals surface area contributed by atoms with Crippen molar-refractivity contribution >= 4 is 5.91 Å². The molecule has 0 spiro atoms. The van der Waals surface area contributed by atoms with Crippen LogP contribution in [0, 0.1) is 0 Å². The molecule has 2 aliphatic heterocycles. The van der Waals surface area contributed by atoms with Gasteiger partial charge < -0.3 is 65.1 Å². The Balaban J connectivity index is 1.73. The number of allylic oxidation sites excluding steroid dienone is 11. The molecule has 2 fully saturated rings. The maximum atomic E-state index is 13.3. The smallest absolute Gasteiger partial charge is 0.220 e. The molecular formula is C64H113NO13. The maximum Gasteiger partial charge on any atom is 0.220 e. The van der Waals surface area contributed by atoms with E-state index in [0.717, 1.165) is 77.0 Å². The molecule has 0 aromatic carbocycles. The molecule has 0 radical (unpaired) electrons. The van der Waals surface area contributed by atoms with Gasteiger partial charge >= 0.3 is 0 Å². The van der Waals surface area contributed by atoms with Crippen LogP contribution in [0.25, 0.3) is 0 Å². The third-order valence-corrected chi connectivity index (χ3v) is 14.9. The van der Waals surface area contributed by atoms with Gasteiger partial charge in [-0.05, 0) is 64.2 Å². The highest BCUT2D eigenvalue weighted by atomic mass is 16.7. The molecule has 1 amide bonds. The molecule has 2 aliphatic rings. The zero-order valence-electron chi connectivity index (χ0n) is 48.6. The first kappa shape index (κ1) is 71.5. The van der Waals surface area contributed by atoms with E-state index in [4.69, 9.17) is 18.9 Å². The molecule has 78 heavy (non-hydrogen) atoms. The van der Waals surface area contributed by atoms with Gasteiger partial charge in [0.05, 0.1) is 32.0 Å². The summed E-state index contributed by atoms with van der Waals surface area (Å²) in [5, 5.41) is 87.2. The first-order chi connectivity index (χ1) is 38.1. The van der Waals surface area contributed by atoms with Crippen molar-refractivity contribution in [1.29, 1.82) is 0 Å². The summed E-state index contributed by atoms with van der Waals surface area (Å²) in [6.45, 7) is 2.69. The van der Waals surface area contributed by atoms with E-state index in [2.05, 4.69) is 79.9 Å². The largest absolute Gasteiger partial charge is 0.394 e. The van der Waals surface area contributed by atoms with E-state index in [9.17, 15) is 45.6 Å². The van der Waals surface area contributed by atoms with Gasteiger partial charge in [-0.2, -0.15) is 0 Å². The lowest BCUT2D eigenvalue weighted by atomic mass is 9.97. The molecule has 0 aliphatic carbocycles. The SMILES string of the molecule is CC/C=C\C/C=C\C/C=C\C/C=C\C/C=C\CCCCCCCCCCCCCC(=O)NC(COC1OC(CO)C(OC2OC(CO)C(O)C(O)C2O)C(O)C1O)C(O)/C=C/CCCCCCCCCCCCCCCCC.